The summed E-state index contributed by atoms with van der Waals surface area (Å²) >= 11 is 3.29. The van der Waals surface area contributed by atoms with Gasteiger partial charge in [0, 0.05) is 25.3 Å². The van der Waals surface area contributed by atoms with Crippen LogP contribution in [0.1, 0.15) is 26.3 Å². The number of hydrogen-bond donors (Lipinski definition) is 1. The second kappa shape index (κ2) is 7.59. The van der Waals surface area contributed by atoms with Crippen molar-refractivity contribution in [3.8, 4) is 0 Å². The first-order valence-electron chi connectivity index (χ1n) is 6.38. The molecule has 0 bridgehead atoms. The molecule has 0 radical (unpaired) electrons. The first kappa shape index (κ1) is 16.9. The van der Waals surface area contributed by atoms with Crippen LogP contribution in [0, 0.1) is 0 Å². The minimum atomic E-state index is -0.437. The first-order chi connectivity index (χ1) is 9.30. The zero-order valence-electron chi connectivity index (χ0n) is 12.3. The number of hydrogen-bond acceptors (Lipinski definition) is 4. The Hall–Kier alpha value is -1.14. The molecule has 1 N–H and O–H groups in total. The van der Waals surface area contributed by atoms with Crippen molar-refractivity contribution in [2.24, 2.45) is 0 Å². The molecule has 0 aliphatic heterocycles. The average molecular weight is 345 g/mol. The van der Waals surface area contributed by atoms with Crippen LogP contribution in [0.5, 0.6) is 0 Å². The van der Waals surface area contributed by atoms with Crippen molar-refractivity contribution < 1.29 is 14.3 Å². The van der Waals surface area contributed by atoms with Crippen LogP contribution in [0.3, 0.4) is 0 Å². The molecule has 112 valence electrons. The summed E-state index contributed by atoms with van der Waals surface area (Å²) in [5, 5.41) is 2.73. The van der Waals surface area contributed by atoms with Crippen LogP contribution in [0.4, 0.5) is 4.79 Å². The van der Waals surface area contributed by atoms with E-state index in [1.54, 1.807) is 13.3 Å². The zero-order chi connectivity index (χ0) is 15.2. The van der Waals surface area contributed by atoms with Crippen LogP contribution in [0.25, 0.3) is 0 Å². The fraction of sp³-hybridized carbons (Fsp3) is 0.571. The highest BCUT2D eigenvalue weighted by Crippen LogP contribution is 2.10. The maximum absolute atomic E-state index is 11.6. The third kappa shape index (κ3) is 6.86. The number of ether oxygens (including phenoxy) is 2. The molecule has 1 aromatic heterocycles. The molecule has 1 amide bonds. The van der Waals surface area contributed by atoms with Crippen LogP contribution in [0.2, 0.25) is 0 Å². The van der Waals surface area contributed by atoms with Crippen molar-refractivity contribution in [2.45, 2.75) is 38.8 Å². The smallest absolute Gasteiger partial charge is 0.407 e. The van der Waals surface area contributed by atoms with E-state index in [1.807, 2.05) is 32.9 Å². The number of methoxy groups -OCH3 is 1. The third-order valence-corrected chi connectivity index (χ3v) is 2.93. The molecule has 1 unspecified atom stereocenters. The Labute approximate surface area is 128 Å². The second-order valence-electron chi connectivity index (χ2n) is 5.52. The Bertz CT molecular complexity index is 429. The van der Waals surface area contributed by atoms with E-state index in [1.165, 1.54) is 0 Å². The van der Waals surface area contributed by atoms with Gasteiger partial charge >= 0.3 is 6.09 Å². The molecule has 0 aliphatic carbocycles. The van der Waals surface area contributed by atoms with Gasteiger partial charge in [-0.3, -0.25) is 0 Å². The van der Waals surface area contributed by atoms with Crippen LogP contribution >= 0.6 is 15.9 Å². The van der Waals surface area contributed by atoms with Crippen LogP contribution in [-0.2, 0) is 15.9 Å². The summed E-state index contributed by atoms with van der Waals surface area (Å²) in [7, 11) is 1.60. The molecule has 0 saturated heterocycles. The molecule has 1 rings (SSSR count). The van der Waals surface area contributed by atoms with E-state index in [9.17, 15) is 4.79 Å². The Morgan fingerprint density at radius 2 is 2.15 bits per heavy atom. The van der Waals surface area contributed by atoms with Gasteiger partial charge in [0.2, 0.25) is 0 Å². The van der Waals surface area contributed by atoms with Crippen LogP contribution in [0.15, 0.2) is 22.9 Å². The lowest BCUT2D eigenvalue weighted by Crippen LogP contribution is -2.42. The summed E-state index contributed by atoms with van der Waals surface area (Å²) in [5.41, 5.74) is 0.717. The lowest BCUT2D eigenvalue weighted by atomic mass is 10.1. The largest absolute Gasteiger partial charge is 0.447 e. The van der Waals surface area contributed by atoms with Gasteiger partial charge in [0.15, 0.2) is 0 Å². The van der Waals surface area contributed by atoms with Crippen molar-refractivity contribution in [1.29, 1.82) is 0 Å². The van der Waals surface area contributed by atoms with Gasteiger partial charge in [-0.25, -0.2) is 9.78 Å². The van der Waals surface area contributed by atoms with E-state index in [-0.39, 0.29) is 18.2 Å². The molecular weight excluding hydrogens is 324 g/mol. The maximum atomic E-state index is 11.6. The number of carbonyl (C=O) groups is 1. The van der Waals surface area contributed by atoms with Crippen LogP contribution in [-0.4, -0.2) is 36.4 Å². The minimum absolute atomic E-state index is 0.191. The first-order valence-corrected chi connectivity index (χ1v) is 7.17. The molecule has 0 fully saturated rings. The van der Waals surface area contributed by atoms with E-state index in [2.05, 4.69) is 26.2 Å². The molecule has 0 aromatic carbocycles. The fourth-order valence-electron chi connectivity index (χ4n) is 1.51. The Kier molecular flexibility index (Phi) is 6.42. The fourth-order valence-corrected chi connectivity index (χ4v) is 1.75. The second-order valence-corrected chi connectivity index (χ2v) is 6.34. The summed E-state index contributed by atoms with van der Waals surface area (Å²) in [4.78, 5) is 15.7. The molecule has 0 aliphatic rings. The molecule has 0 spiro atoms. The van der Waals surface area contributed by atoms with Gasteiger partial charge in [0.1, 0.15) is 11.2 Å². The van der Waals surface area contributed by atoms with Gasteiger partial charge in [0.25, 0.3) is 0 Å². The maximum Gasteiger partial charge on any atom is 0.407 e. The lowest BCUT2D eigenvalue weighted by molar-refractivity contribution is 0.0336. The Morgan fingerprint density at radius 3 is 2.65 bits per heavy atom. The van der Waals surface area contributed by atoms with E-state index in [0.717, 1.165) is 10.2 Å². The van der Waals surface area contributed by atoms with Crippen molar-refractivity contribution in [3.63, 3.8) is 0 Å². The summed E-state index contributed by atoms with van der Waals surface area (Å²) in [5.74, 6) is 0. The third-order valence-electron chi connectivity index (χ3n) is 2.46. The lowest BCUT2D eigenvalue weighted by Gasteiger charge is -2.21. The number of rotatable bonds is 5. The van der Waals surface area contributed by atoms with Crippen molar-refractivity contribution in [3.05, 3.63) is 28.5 Å². The number of pyridine rings is 1. The van der Waals surface area contributed by atoms with Gasteiger partial charge in [-0.1, -0.05) is 6.07 Å². The van der Waals surface area contributed by atoms with Crippen LogP contribution < -0.4 is 5.32 Å². The predicted octanol–water partition coefficient (Wildman–Crippen LogP) is 2.93. The average Bonchev–Trinajstić information content (AvgIpc) is 2.34. The van der Waals surface area contributed by atoms with E-state index in [0.29, 0.717) is 6.42 Å². The number of aromatic nitrogens is 1. The molecule has 1 aromatic rings. The highest BCUT2D eigenvalue weighted by Gasteiger charge is 2.17. The molecule has 20 heavy (non-hydrogen) atoms. The SMILES string of the molecule is COC(COC(=O)NC(C)(C)C)Cc1ccc(Br)nc1. The summed E-state index contributed by atoms with van der Waals surface area (Å²) in [6.07, 6.45) is 1.78. The molecule has 1 heterocycles. The highest BCUT2D eigenvalue weighted by molar-refractivity contribution is 9.10. The van der Waals surface area contributed by atoms with Crippen molar-refractivity contribution >= 4 is 22.0 Å². The van der Waals surface area contributed by atoms with E-state index < -0.39 is 6.09 Å². The Balaban J connectivity index is 2.43. The Morgan fingerprint density at radius 1 is 1.45 bits per heavy atom. The van der Waals surface area contributed by atoms with Crippen molar-refractivity contribution in [1.82, 2.24) is 10.3 Å². The van der Waals surface area contributed by atoms with Gasteiger partial charge in [0.05, 0.1) is 6.10 Å². The highest BCUT2D eigenvalue weighted by atomic mass is 79.9. The predicted molar refractivity (Wildman–Crippen MR) is 80.7 cm³/mol. The monoisotopic (exact) mass is 344 g/mol. The summed E-state index contributed by atoms with van der Waals surface area (Å²) < 4.78 is 11.3. The molecule has 6 heteroatoms. The zero-order valence-corrected chi connectivity index (χ0v) is 13.9. The molecular formula is C14H21BrN2O3. The number of halogens is 1. The van der Waals surface area contributed by atoms with E-state index >= 15 is 0 Å². The number of amides is 1. The minimum Gasteiger partial charge on any atom is -0.447 e. The molecule has 0 saturated carbocycles. The number of carbonyl (C=O) groups excluding carboxylic acids is 1. The quantitative estimate of drug-likeness (QED) is 0.834. The number of nitrogens with one attached hydrogen (secondary N) is 1. The van der Waals surface area contributed by atoms with E-state index in [4.69, 9.17) is 9.47 Å². The standard InChI is InChI=1S/C14H21BrN2O3/c1-14(2,3)17-13(18)20-9-11(19-4)7-10-5-6-12(15)16-8-10/h5-6,8,11H,7,9H2,1-4H3,(H,17,18). The van der Waals surface area contributed by atoms with Gasteiger partial charge < -0.3 is 14.8 Å². The number of alkyl carbamates (subject to hydrolysis) is 1. The van der Waals surface area contributed by atoms with Gasteiger partial charge in [-0.15, -0.1) is 0 Å². The normalized spacial score (nSPS) is 12.8. The van der Waals surface area contributed by atoms with Gasteiger partial charge in [-0.05, 0) is 48.3 Å². The molecule has 1 atom stereocenters. The number of nitrogens with zero attached hydrogens (tertiary/aromatic N) is 1. The summed E-state index contributed by atoms with van der Waals surface area (Å²) in [6.45, 7) is 5.90. The topological polar surface area (TPSA) is 60.5 Å². The van der Waals surface area contributed by atoms with Crippen molar-refractivity contribution in [2.75, 3.05) is 13.7 Å². The molecule has 5 nitrogen and oxygen atoms in total. The van der Waals surface area contributed by atoms with Gasteiger partial charge in [-0.2, -0.15) is 0 Å². The summed E-state index contributed by atoms with van der Waals surface area (Å²) in [6, 6.07) is 3.83.